The van der Waals surface area contributed by atoms with E-state index in [9.17, 15) is 9.59 Å². The van der Waals surface area contributed by atoms with Crippen LogP contribution in [0.3, 0.4) is 0 Å². The van der Waals surface area contributed by atoms with Crippen molar-refractivity contribution in [3.63, 3.8) is 0 Å². The van der Waals surface area contributed by atoms with Gasteiger partial charge in [-0.25, -0.2) is 4.79 Å². The molecule has 0 radical (unpaired) electrons. The van der Waals surface area contributed by atoms with Gasteiger partial charge in [0.1, 0.15) is 0 Å². The molecule has 0 bridgehead atoms. The zero-order chi connectivity index (χ0) is 13.3. The second-order valence-electron chi connectivity index (χ2n) is 4.55. The Morgan fingerprint density at radius 1 is 1.44 bits per heavy atom. The predicted octanol–water partition coefficient (Wildman–Crippen LogP) is 0.617. The van der Waals surface area contributed by atoms with Crippen molar-refractivity contribution in [1.82, 2.24) is 4.90 Å². The van der Waals surface area contributed by atoms with Crippen molar-refractivity contribution in [1.29, 1.82) is 0 Å². The van der Waals surface area contributed by atoms with Crippen LogP contribution < -0.4 is 5.73 Å². The maximum absolute atomic E-state index is 11.8. The molecule has 5 nitrogen and oxygen atoms in total. The molecule has 18 heavy (non-hydrogen) atoms. The van der Waals surface area contributed by atoms with Crippen LogP contribution >= 0.6 is 0 Å². The molecule has 0 fully saturated rings. The first kappa shape index (κ1) is 12.6. The molecule has 1 aromatic carbocycles. The molecular formula is C13H16N2O3. The Balaban J connectivity index is 2.28. The van der Waals surface area contributed by atoms with E-state index in [1.54, 1.807) is 24.0 Å². The van der Waals surface area contributed by atoms with Gasteiger partial charge in [-0.1, -0.05) is 12.1 Å². The minimum Gasteiger partial charge on any atom is -0.478 e. The summed E-state index contributed by atoms with van der Waals surface area (Å²) in [4.78, 5) is 24.6. The predicted molar refractivity (Wildman–Crippen MR) is 66.2 cm³/mol. The molecule has 0 unspecified atom stereocenters. The zero-order valence-electron chi connectivity index (χ0n) is 10.2. The van der Waals surface area contributed by atoms with Gasteiger partial charge in [-0.05, 0) is 30.5 Å². The molecular weight excluding hydrogens is 232 g/mol. The molecule has 96 valence electrons. The molecule has 1 aromatic rings. The standard InChI is InChI=1S/C13H16N2O3/c1-8(14)12(16)15-6-5-10-9(7-15)3-2-4-11(10)13(17)18/h2-4,8H,5-7,14H2,1H3,(H,17,18)/t8-/m0/s1. The van der Waals surface area contributed by atoms with Gasteiger partial charge >= 0.3 is 5.97 Å². The van der Waals surface area contributed by atoms with Crippen LogP contribution in [0, 0.1) is 0 Å². The molecule has 5 heteroatoms. The van der Waals surface area contributed by atoms with E-state index in [4.69, 9.17) is 10.8 Å². The van der Waals surface area contributed by atoms with E-state index in [1.165, 1.54) is 0 Å². The Morgan fingerprint density at radius 3 is 2.78 bits per heavy atom. The number of hydrogen-bond donors (Lipinski definition) is 2. The van der Waals surface area contributed by atoms with Gasteiger partial charge in [0.15, 0.2) is 0 Å². The SMILES string of the molecule is C[C@H](N)C(=O)N1CCc2c(cccc2C(=O)O)C1. The van der Waals surface area contributed by atoms with Crippen molar-refractivity contribution in [2.75, 3.05) is 6.54 Å². The van der Waals surface area contributed by atoms with E-state index in [2.05, 4.69) is 0 Å². The van der Waals surface area contributed by atoms with Crippen LogP contribution in [0.1, 0.15) is 28.4 Å². The minimum atomic E-state index is -0.918. The Kier molecular flexibility index (Phi) is 3.34. The average molecular weight is 248 g/mol. The van der Waals surface area contributed by atoms with Crippen LogP contribution in [0.15, 0.2) is 18.2 Å². The lowest BCUT2D eigenvalue weighted by Gasteiger charge is -2.30. The van der Waals surface area contributed by atoms with Gasteiger partial charge in [-0.2, -0.15) is 0 Å². The molecule has 0 saturated carbocycles. The number of fused-ring (bicyclic) bond motifs is 1. The average Bonchev–Trinajstić information content (AvgIpc) is 2.36. The molecule has 0 spiro atoms. The summed E-state index contributed by atoms with van der Waals surface area (Å²) in [5.41, 5.74) is 7.64. The highest BCUT2D eigenvalue weighted by Gasteiger charge is 2.25. The van der Waals surface area contributed by atoms with Gasteiger partial charge in [-0.3, -0.25) is 4.79 Å². The number of carbonyl (C=O) groups is 2. The van der Waals surface area contributed by atoms with Crippen LogP contribution in [0.5, 0.6) is 0 Å². The monoisotopic (exact) mass is 248 g/mol. The van der Waals surface area contributed by atoms with Gasteiger partial charge in [0.2, 0.25) is 5.91 Å². The number of carbonyl (C=O) groups excluding carboxylic acids is 1. The Labute approximate surface area is 105 Å². The number of carboxylic acid groups (broad SMARTS) is 1. The van der Waals surface area contributed by atoms with E-state index < -0.39 is 12.0 Å². The van der Waals surface area contributed by atoms with Crippen LogP contribution in [0.2, 0.25) is 0 Å². The topological polar surface area (TPSA) is 83.6 Å². The first-order valence-corrected chi connectivity index (χ1v) is 5.89. The molecule has 2 rings (SSSR count). The van der Waals surface area contributed by atoms with Gasteiger partial charge in [-0.15, -0.1) is 0 Å². The van der Waals surface area contributed by atoms with Gasteiger partial charge in [0.25, 0.3) is 0 Å². The lowest BCUT2D eigenvalue weighted by Crippen LogP contribution is -2.44. The van der Waals surface area contributed by atoms with Crippen LogP contribution in [0.25, 0.3) is 0 Å². The van der Waals surface area contributed by atoms with E-state index in [0.29, 0.717) is 25.1 Å². The zero-order valence-corrected chi connectivity index (χ0v) is 10.2. The van der Waals surface area contributed by atoms with Crippen molar-refractivity contribution in [3.05, 3.63) is 34.9 Å². The van der Waals surface area contributed by atoms with E-state index in [1.807, 2.05) is 6.07 Å². The second kappa shape index (κ2) is 4.78. The summed E-state index contributed by atoms with van der Waals surface area (Å²) in [5.74, 6) is -1.01. The largest absolute Gasteiger partial charge is 0.478 e. The van der Waals surface area contributed by atoms with Crippen molar-refractivity contribution >= 4 is 11.9 Å². The molecule has 1 amide bonds. The molecule has 0 aromatic heterocycles. The summed E-state index contributed by atoms with van der Waals surface area (Å²) < 4.78 is 0. The number of nitrogens with zero attached hydrogens (tertiary/aromatic N) is 1. The van der Waals surface area contributed by atoms with Gasteiger partial charge in [0, 0.05) is 13.1 Å². The molecule has 1 heterocycles. The number of amides is 1. The Morgan fingerprint density at radius 2 is 2.17 bits per heavy atom. The summed E-state index contributed by atoms with van der Waals surface area (Å²) >= 11 is 0. The van der Waals surface area contributed by atoms with E-state index >= 15 is 0 Å². The van der Waals surface area contributed by atoms with Gasteiger partial charge in [0.05, 0.1) is 11.6 Å². The fourth-order valence-corrected chi connectivity index (χ4v) is 2.29. The fourth-order valence-electron chi connectivity index (χ4n) is 2.29. The van der Waals surface area contributed by atoms with E-state index in [0.717, 1.165) is 11.1 Å². The maximum atomic E-state index is 11.8. The third-order valence-electron chi connectivity index (χ3n) is 3.20. The molecule has 1 aliphatic heterocycles. The second-order valence-corrected chi connectivity index (χ2v) is 4.55. The summed E-state index contributed by atoms with van der Waals surface area (Å²) in [7, 11) is 0. The minimum absolute atomic E-state index is 0.0959. The molecule has 0 aliphatic carbocycles. The van der Waals surface area contributed by atoms with Crippen LogP contribution in [0.4, 0.5) is 0 Å². The first-order chi connectivity index (χ1) is 8.50. The lowest BCUT2D eigenvalue weighted by molar-refractivity contribution is -0.133. The van der Waals surface area contributed by atoms with Gasteiger partial charge < -0.3 is 15.7 Å². The fraction of sp³-hybridized carbons (Fsp3) is 0.385. The number of hydrogen-bond acceptors (Lipinski definition) is 3. The van der Waals surface area contributed by atoms with Crippen molar-refractivity contribution < 1.29 is 14.7 Å². The summed E-state index contributed by atoms with van der Waals surface area (Å²) in [6.07, 6.45) is 0.566. The van der Waals surface area contributed by atoms with Crippen molar-refractivity contribution in [2.45, 2.75) is 25.9 Å². The molecule has 1 atom stereocenters. The number of carboxylic acids is 1. The van der Waals surface area contributed by atoms with Crippen LogP contribution in [-0.2, 0) is 17.8 Å². The number of nitrogens with two attached hydrogens (primary N) is 1. The maximum Gasteiger partial charge on any atom is 0.335 e. The third-order valence-corrected chi connectivity index (χ3v) is 3.20. The quantitative estimate of drug-likeness (QED) is 0.803. The Bertz CT molecular complexity index is 497. The normalized spacial score (nSPS) is 16.0. The molecule has 3 N–H and O–H groups in total. The smallest absolute Gasteiger partial charge is 0.335 e. The third kappa shape index (κ3) is 2.22. The summed E-state index contributed by atoms with van der Waals surface area (Å²) in [5, 5.41) is 9.10. The molecule has 1 aliphatic rings. The lowest BCUT2D eigenvalue weighted by atomic mass is 9.94. The van der Waals surface area contributed by atoms with Crippen LogP contribution in [-0.4, -0.2) is 34.5 Å². The summed E-state index contributed by atoms with van der Waals surface area (Å²) in [6, 6.07) is 4.66. The number of rotatable bonds is 2. The number of benzene rings is 1. The first-order valence-electron chi connectivity index (χ1n) is 5.89. The Hall–Kier alpha value is -1.88. The highest BCUT2D eigenvalue weighted by molar-refractivity contribution is 5.90. The highest BCUT2D eigenvalue weighted by atomic mass is 16.4. The van der Waals surface area contributed by atoms with Crippen molar-refractivity contribution in [2.24, 2.45) is 5.73 Å². The van der Waals surface area contributed by atoms with E-state index in [-0.39, 0.29) is 5.91 Å². The van der Waals surface area contributed by atoms with Crippen molar-refractivity contribution in [3.8, 4) is 0 Å². The summed E-state index contributed by atoms with van der Waals surface area (Å²) in [6.45, 7) is 2.63. The molecule has 0 saturated heterocycles. The highest BCUT2D eigenvalue weighted by Crippen LogP contribution is 2.23. The number of aromatic carboxylic acids is 1.